The van der Waals surface area contributed by atoms with Gasteiger partial charge in [0.05, 0.1) is 24.7 Å². The molecule has 0 unspecified atom stereocenters. The molecule has 0 radical (unpaired) electrons. The fourth-order valence-corrected chi connectivity index (χ4v) is 3.39. The Morgan fingerprint density at radius 3 is 1.62 bits per heavy atom. The SMILES string of the molecule is CCOS(OCC)(OCC)c1ccccc1. The summed E-state index contributed by atoms with van der Waals surface area (Å²) in [6, 6.07) is 9.87. The van der Waals surface area contributed by atoms with E-state index in [1.165, 1.54) is 0 Å². The molecule has 4 heteroatoms. The second-order valence-electron chi connectivity index (χ2n) is 2.99. The van der Waals surface area contributed by atoms with E-state index >= 15 is 0 Å². The van der Waals surface area contributed by atoms with Gasteiger partial charge < -0.3 is 0 Å². The Hall–Kier alpha value is -0.550. The van der Waals surface area contributed by atoms with Gasteiger partial charge in [-0.2, -0.15) is 0 Å². The Morgan fingerprint density at radius 1 is 0.812 bits per heavy atom. The predicted molar refractivity (Wildman–Crippen MR) is 67.2 cm³/mol. The molecule has 1 aromatic carbocycles. The van der Waals surface area contributed by atoms with E-state index in [1.54, 1.807) is 0 Å². The highest BCUT2D eigenvalue weighted by atomic mass is 32.3. The van der Waals surface area contributed by atoms with Crippen molar-refractivity contribution in [2.24, 2.45) is 0 Å². The Kier molecular flexibility index (Phi) is 5.84. The lowest BCUT2D eigenvalue weighted by Crippen LogP contribution is -2.13. The molecule has 0 atom stereocenters. The molecule has 0 N–H and O–H groups in total. The summed E-state index contributed by atoms with van der Waals surface area (Å²) in [6.45, 7) is 7.56. The molecule has 0 aliphatic rings. The van der Waals surface area contributed by atoms with Gasteiger partial charge in [-0.1, -0.05) is 18.2 Å². The van der Waals surface area contributed by atoms with Crippen LogP contribution in [0.25, 0.3) is 0 Å². The molecule has 0 aliphatic heterocycles. The van der Waals surface area contributed by atoms with Gasteiger partial charge in [0.25, 0.3) is 0 Å². The van der Waals surface area contributed by atoms with Gasteiger partial charge in [-0.25, -0.2) is 0 Å². The third-order valence-electron chi connectivity index (χ3n) is 1.85. The minimum Gasteiger partial charge on any atom is -0.289 e. The molecule has 0 bridgehead atoms. The predicted octanol–water partition coefficient (Wildman–Crippen LogP) is 3.70. The van der Waals surface area contributed by atoms with Crippen LogP contribution in [-0.4, -0.2) is 19.8 Å². The summed E-state index contributed by atoms with van der Waals surface area (Å²) >= 11 is 0. The zero-order chi connectivity index (χ0) is 11.9. The molecule has 1 aromatic rings. The Morgan fingerprint density at radius 2 is 1.25 bits per heavy atom. The first kappa shape index (κ1) is 13.5. The topological polar surface area (TPSA) is 27.7 Å². The van der Waals surface area contributed by atoms with Gasteiger partial charge in [-0.3, -0.25) is 12.5 Å². The molecule has 0 heterocycles. The quantitative estimate of drug-likeness (QED) is 0.732. The molecule has 3 nitrogen and oxygen atoms in total. The Labute approximate surface area is 99.6 Å². The minimum absolute atomic E-state index is 0.574. The average Bonchev–Trinajstić information content (AvgIpc) is 2.31. The van der Waals surface area contributed by atoms with Crippen LogP contribution >= 0.6 is 10.9 Å². The van der Waals surface area contributed by atoms with Crippen molar-refractivity contribution < 1.29 is 12.5 Å². The van der Waals surface area contributed by atoms with Crippen LogP contribution in [0.3, 0.4) is 0 Å². The van der Waals surface area contributed by atoms with Crippen LogP contribution in [0.5, 0.6) is 0 Å². The van der Waals surface area contributed by atoms with Gasteiger partial charge in [-0.05, 0) is 32.9 Å². The lowest BCUT2D eigenvalue weighted by Gasteiger charge is -2.36. The van der Waals surface area contributed by atoms with Crippen LogP contribution in [0.4, 0.5) is 0 Å². The molecule has 0 aliphatic carbocycles. The fourth-order valence-electron chi connectivity index (χ4n) is 1.36. The van der Waals surface area contributed by atoms with Crippen LogP contribution in [0.15, 0.2) is 35.2 Å². The first-order valence-corrected chi connectivity index (χ1v) is 7.01. The summed E-state index contributed by atoms with van der Waals surface area (Å²) in [6.07, 6.45) is 0. The van der Waals surface area contributed by atoms with Crippen LogP contribution < -0.4 is 0 Å². The molecule has 0 aromatic heterocycles. The maximum atomic E-state index is 5.74. The van der Waals surface area contributed by atoms with Crippen LogP contribution in [0, 0.1) is 0 Å². The summed E-state index contributed by atoms with van der Waals surface area (Å²) in [5.41, 5.74) is 0. The van der Waals surface area contributed by atoms with E-state index < -0.39 is 10.9 Å². The van der Waals surface area contributed by atoms with Crippen molar-refractivity contribution in [1.29, 1.82) is 0 Å². The number of benzene rings is 1. The minimum atomic E-state index is -2.03. The number of rotatable bonds is 7. The normalized spacial score (nSPS) is 12.7. The van der Waals surface area contributed by atoms with E-state index in [2.05, 4.69) is 0 Å². The van der Waals surface area contributed by atoms with Gasteiger partial charge in [-0.15, -0.1) is 0 Å². The van der Waals surface area contributed by atoms with Crippen molar-refractivity contribution in [2.45, 2.75) is 25.7 Å². The molecule has 0 saturated heterocycles. The second-order valence-corrected chi connectivity index (χ2v) is 5.07. The molecular weight excluding hydrogens is 224 g/mol. The van der Waals surface area contributed by atoms with E-state index in [0.717, 1.165) is 4.90 Å². The first-order valence-electron chi connectivity index (χ1n) is 5.60. The summed E-state index contributed by atoms with van der Waals surface area (Å²) < 4.78 is 17.2. The first-order chi connectivity index (χ1) is 7.79. The third-order valence-corrected chi connectivity index (χ3v) is 4.34. The highest BCUT2D eigenvalue weighted by Crippen LogP contribution is 2.58. The number of hydrogen-bond donors (Lipinski definition) is 0. The zero-order valence-corrected chi connectivity index (χ0v) is 11.0. The molecule has 1 rings (SSSR count). The van der Waals surface area contributed by atoms with Crippen LogP contribution in [-0.2, 0) is 12.5 Å². The summed E-state index contributed by atoms with van der Waals surface area (Å²) in [5, 5.41) is 0. The fraction of sp³-hybridized carbons (Fsp3) is 0.500. The van der Waals surface area contributed by atoms with Crippen molar-refractivity contribution in [3.63, 3.8) is 0 Å². The van der Waals surface area contributed by atoms with Crippen molar-refractivity contribution in [3.05, 3.63) is 30.3 Å². The van der Waals surface area contributed by atoms with Gasteiger partial charge >= 0.3 is 0 Å². The average molecular weight is 244 g/mol. The van der Waals surface area contributed by atoms with Crippen molar-refractivity contribution in [1.82, 2.24) is 0 Å². The lowest BCUT2D eigenvalue weighted by molar-refractivity contribution is 0.185. The van der Waals surface area contributed by atoms with E-state index in [-0.39, 0.29) is 0 Å². The summed E-state index contributed by atoms with van der Waals surface area (Å²) in [5.74, 6) is 0. The Balaban J connectivity index is 2.99. The molecule has 92 valence electrons. The number of hydrogen-bond acceptors (Lipinski definition) is 3. The van der Waals surface area contributed by atoms with E-state index in [9.17, 15) is 0 Å². The molecule has 16 heavy (non-hydrogen) atoms. The van der Waals surface area contributed by atoms with Gasteiger partial charge in [0.15, 0.2) is 0 Å². The van der Waals surface area contributed by atoms with Crippen LogP contribution in [0.2, 0.25) is 0 Å². The standard InChI is InChI=1S/C12H20O3S/c1-4-13-16(14-5-2,15-6-3)12-10-8-7-9-11-12/h7-11H,4-6H2,1-3H3. The van der Waals surface area contributed by atoms with Crippen molar-refractivity contribution >= 4 is 10.9 Å². The molecule has 0 fully saturated rings. The lowest BCUT2D eigenvalue weighted by atomic mass is 10.4. The molecule has 0 saturated carbocycles. The highest BCUT2D eigenvalue weighted by molar-refractivity contribution is 8.21. The Bertz CT molecular complexity index is 273. The van der Waals surface area contributed by atoms with Crippen molar-refractivity contribution in [2.75, 3.05) is 19.8 Å². The van der Waals surface area contributed by atoms with Crippen molar-refractivity contribution in [3.8, 4) is 0 Å². The maximum absolute atomic E-state index is 5.74. The van der Waals surface area contributed by atoms with E-state index in [4.69, 9.17) is 12.5 Å². The van der Waals surface area contributed by atoms with Gasteiger partial charge in [0.2, 0.25) is 0 Å². The van der Waals surface area contributed by atoms with E-state index in [0.29, 0.717) is 19.8 Å². The monoisotopic (exact) mass is 244 g/mol. The summed E-state index contributed by atoms with van der Waals surface area (Å²) in [7, 11) is -2.03. The van der Waals surface area contributed by atoms with Crippen LogP contribution in [0.1, 0.15) is 20.8 Å². The molecule has 0 amide bonds. The zero-order valence-electron chi connectivity index (χ0n) is 10.1. The molecule has 0 spiro atoms. The smallest absolute Gasteiger partial charge is 0.120 e. The molecular formula is C12H20O3S. The van der Waals surface area contributed by atoms with E-state index in [1.807, 2.05) is 51.1 Å². The second kappa shape index (κ2) is 6.91. The van der Waals surface area contributed by atoms with Gasteiger partial charge in [0, 0.05) is 0 Å². The largest absolute Gasteiger partial charge is 0.289 e. The summed E-state index contributed by atoms with van der Waals surface area (Å²) in [4.78, 5) is 0.973. The third kappa shape index (κ3) is 3.22. The van der Waals surface area contributed by atoms with Gasteiger partial charge in [0.1, 0.15) is 10.9 Å². The highest BCUT2D eigenvalue weighted by Gasteiger charge is 2.28. The maximum Gasteiger partial charge on any atom is 0.120 e.